The minimum Gasteiger partial charge on any atom is -0.389 e. The fraction of sp³-hybridized carbons (Fsp3) is 0.400. The third kappa shape index (κ3) is 2.33. The summed E-state index contributed by atoms with van der Waals surface area (Å²) in [6, 6.07) is 3.04. The smallest absolute Gasteiger partial charge is 0.251 e. The number of carbonyl (C=O) groups excluding carboxylic acids is 1. The first-order valence-corrected chi connectivity index (χ1v) is 5.67. The lowest BCUT2D eigenvalue weighted by molar-refractivity contribution is -0.141. The topological polar surface area (TPSA) is 62.5 Å². The van der Waals surface area contributed by atoms with Crippen molar-refractivity contribution in [2.24, 2.45) is 0 Å². The highest BCUT2D eigenvalue weighted by molar-refractivity contribution is 9.10. The van der Waals surface area contributed by atoms with Crippen LogP contribution in [0.4, 0.5) is 0 Å². The van der Waals surface area contributed by atoms with Crippen molar-refractivity contribution < 1.29 is 9.90 Å². The van der Waals surface area contributed by atoms with Gasteiger partial charge in [0.05, 0.1) is 6.10 Å². The third-order valence-electron chi connectivity index (χ3n) is 2.47. The molecule has 0 spiro atoms. The normalized spacial score (nSPS) is 16.0. The second-order valence-corrected chi connectivity index (χ2v) is 4.68. The van der Waals surface area contributed by atoms with Gasteiger partial charge in [0.2, 0.25) is 5.91 Å². The molecule has 2 rings (SSSR count). The van der Waals surface area contributed by atoms with Crippen molar-refractivity contribution in [3.05, 3.63) is 33.2 Å². The summed E-state index contributed by atoms with van der Waals surface area (Å²) < 4.78 is 2.10. The summed E-state index contributed by atoms with van der Waals surface area (Å²) in [5.41, 5.74) is -0.211. The van der Waals surface area contributed by atoms with Crippen LogP contribution in [0.1, 0.15) is 0 Å². The maximum atomic E-state index is 11.6. The lowest BCUT2D eigenvalue weighted by Gasteiger charge is -2.35. The van der Waals surface area contributed by atoms with Crippen LogP contribution < -0.4 is 5.56 Å². The van der Waals surface area contributed by atoms with Crippen molar-refractivity contribution >= 4 is 21.8 Å². The number of aliphatic hydroxyl groups excluding tert-OH is 1. The summed E-state index contributed by atoms with van der Waals surface area (Å²) in [6.45, 7) is 0.744. The molecule has 2 heterocycles. The summed E-state index contributed by atoms with van der Waals surface area (Å²) in [4.78, 5) is 24.6. The Labute approximate surface area is 100 Å². The van der Waals surface area contributed by atoms with Gasteiger partial charge < -0.3 is 14.6 Å². The molecular weight excluding hydrogens is 276 g/mol. The molecule has 1 aliphatic rings. The van der Waals surface area contributed by atoms with Crippen LogP contribution in [-0.4, -0.2) is 39.7 Å². The number of halogens is 1. The second kappa shape index (κ2) is 4.39. The number of hydrogen-bond donors (Lipinski definition) is 1. The average Bonchev–Trinajstić information content (AvgIpc) is 2.19. The zero-order chi connectivity index (χ0) is 11.7. The Morgan fingerprint density at radius 2 is 2.19 bits per heavy atom. The van der Waals surface area contributed by atoms with Gasteiger partial charge in [0.15, 0.2) is 0 Å². The van der Waals surface area contributed by atoms with Gasteiger partial charge in [-0.05, 0) is 22.0 Å². The molecule has 0 atom stereocenters. The Kier molecular flexibility index (Phi) is 3.11. The molecule has 0 aromatic carbocycles. The molecule has 0 aliphatic carbocycles. The third-order valence-corrected chi connectivity index (χ3v) is 2.94. The molecule has 0 unspecified atom stereocenters. The van der Waals surface area contributed by atoms with Gasteiger partial charge in [-0.15, -0.1) is 0 Å². The number of amides is 1. The van der Waals surface area contributed by atoms with Crippen molar-refractivity contribution in [2.45, 2.75) is 12.6 Å². The van der Waals surface area contributed by atoms with E-state index in [0.717, 1.165) is 4.47 Å². The number of aliphatic hydroxyl groups is 1. The molecule has 0 bridgehead atoms. The number of β-amino-alcohol motifs (C(OH)–C–C–N with tert-alkyl or cyclic N) is 1. The van der Waals surface area contributed by atoms with Gasteiger partial charge in [0.25, 0.3) is 5.56 Å². The summed E-state index contributed by atoms with van der Waals surface area (Å²) in [5.74, 6) is -0.148. The van der Waals surface area contributed by atoms with Gasteiger partial charge in [-0.3, -0.25) is 9.59 Å². The number of aromatic nitrogens is 1. The minimum absolute atomic E-state index is 0.0188. The van der Waals surface area contributed by atoms with E-state index in [2.05, 4.69) is 15.9 Å². The molecular formula is C10H11BrN2O3. The number of likely N-dealkylation sites (tertiary alicyclic amines) is 1. The van der Waals surface area contributed by atoms with Crippen LogP contribution >= 0.6 is 15.9 Å². The molecule has 16 heavy (non-hydrogen) atoms. The van der Waals surface area contributed by atoms with Crippen LogP contribution in [0.25, 0.3) is 0 Å². The van der Waals surface area contributed by atoms with Gasteiger partial charge in [0.1, 0.15) is 6.54 Å². The highest BCUT2D eigenvalue weighted by Crippen LogP contribution is 2.09. The Bertz CT molecular complexity index is 465. The molecule has 1 aromatic rings. The molecule has 6 heteroatoms. The summed E-state index contributed by atoms with van der Waals surface area (Å²) >= 11 is 3.24. The van der Waals surface area contributed by atoms with Crippen LogP contribution in [0.3, 0.4) is 0 Å². The highest BCUT2D eigenvalue weighted by Gasteiger charge is 2.28. The fourth-order valence-electron chi connectivity index (χ4n) is 1.53. The standard InChI is InChI=1S/C10H11BrN2O3/c11-7-1-2-9(15)12(3-7)6-10(16)13-4-8(14)5-13/h1-3,8,14H,4-6H2. The average molecular weight is 287 g/mol. The van der Waals surface area contributed by atoms with Crippen molar-refractivity contribution in [1.82, 2.24) is 9.47 Å². The van der Waals surface area contributed by atoms with E-state index in [9.17, 15) is 9.59 Å². The maximum Gasteiger partial charge on any atom is 0.251 e. The van der Waals surface area contributed by atoms with Crippen LogP contribution in [0.5, 0.6) is 0 Å². The first-order valence-electron chi connectivity index (χ1n) is 4.88. The summed E-state index contributed by atoms with van der Waals surface area (Å²) in [7, 11) is 0. The number of rotatable bonds is 2. The van der Waals surface area contributed by atoms with E-state index in [4.69, 9.17) is 5.11 Å². The second-order valence-electron chi connectivity index (χ2n) is 3.77. The molecule has 1 aromatic heterocycles. The molecule has 1 N–H and O–H groups in total. The predicted molar refractivity (Wildman–Crippen MR) is 61.0 cm³/mol. The van der Waals surface area contributed by atoms with E-state index in [-0.39, 0.29) is 18.0 Å². The lowest BCUT2D eigenvalue weighted by atomic mass is 10.2. The Balaban J connectivity index is 2.06. The maximum absolute atomic E-state index is 11.6. The predicted octanol–water partition coefficient (Wildman–Crippen LogP) is -0.186. The fourth-order valence-corrected chi connectivity index (χ4v) is 1.91. The number of carbonyl (C=O) groups is 1. The van der Waals surface area contributed by atoms with Gasteiger partial charge in [-0.2, -0.15) is 0 Å². The Hall–Kier alpha value is -1.14. The van der Waals surface area contributed by atoms with Gasteiger partial charge in [-0.25, -0.2) is 0 Å². The number of nitrogens with zero attached hydrogens (tertiary/aromatic N) is 2. The molecule has 1 amide bonds. The minimum atomic E-state index is -0.414. The monoisotopic (exact) mass is 286 g/mol. The zero-order valence-electron chi connectivity index (χ0n) is 8.47. The van der Waals surface area contributed by atoms with E-state index in [1.165, 1.54) is 15.5 Å². The van der Waals surface area contributed by atoms with Crippen LogP contribution in [-0.2, 0) is 11.3 Å². The summed E-state index contributed by atoms with van der Waals surface area (Å²) in [6.07, 6.45) is 1.17. The quantitative estimate of drug-likeness (QED) is 0.820. The molecule has 1 aliphatic heterocycles. The largest absolute Gasteiger partial charge is 0.389 e. The highest BCUT2D eigenvalue weighted by atomic mass is 79.9. The zero-order valence-corrected chi connectivity index (χ0v) is 10.1. The summed E-state index contributed by atoms with van der Waals surface area (Å²) in [5, 5.41) is 9.06. The van der Waals surface area contributed by atoms with E-state index < -0.39 is 6.10 Å². The molecule has 5 nitrogen and oxygen atoms in total. The first kappa shape index (κ1) is 11.3. The SMILES string of the molecule is O=C(Cn1cc(Br)ccc1=O)N1CC(O)C1. The van der Waals surface area contributed by atoms with Crippen LogP contribution in [0.15, 0.2) is 27.6 Å². The van der Waals surface area contributed by atoms with Crippen molar-refractivity contribution in [2.75, 3.05) is 13.1 Å². The van der Waals surface area contributed by atoms with Gasteiger partial charge in [-0.1, -0.05) is 0 Å². The van der Waals surface area contributed by atoms with Crippen molar-refractivity contribution in [3.8, 4) is 0 Å². The molecule has 0 saturated carbocycles. The van der Waals surface area contributed by atoms with Gasteiger partial charge in [0, 0.05) is 29.8 Å². The Morgan fingerprint density at radius 1 is 1.50 bits per heavy atom. The number of pyridine rings is 1. The van der Waals surface area contributed by atoms with E-state index in [0.29, 0.717) is 13.1 Å². The molecule has 86 valence electrons. The van der Waals surface area contributed by atoms with E-state index >= 15 is 0 Å². The van der Waals surface area contributed by atoms with Crippen LogP contribution in [0, 0.1) is 0 Å². The molecule has 0 radical (unpaired) electrons. The van der Waals surface area contributed by atoms with Crippen LogP contribution in [0.2, 0.25) is 0 Å². The van der Waals surface area contributed by atoms with Crippen molar-refractivity contribution in [3.63, 3.8) is 0 Å². The lowest BCUT2D eigenvalue weighted by Crippen LogP contribution is -2.54. The van der Waals surface area contributed by atoms with E-state index in [1.807, 2.05) is 0 Å². The molecule has 1 fully saturated rings. The van der Waals surface area contributed by atoms with E-state index in [1.54, 1.807) is 12.3 Å². The molecule has 1 saturated heterocycles. The number of hydrogen-bond acceptors (Lipinski definition) is 3. The van der Waals surface area contributed by atoms with Crippen molar-refractivity contribution in [1.29, 1.82) is 0 Å². The van der Waals surface area contributed by atoms with Gasteiger partial charge >= 0.3 is 0 Å². The Morgan fingerprint density at radius 3 is 2.81 bits per heavy atom. The first-order chi connectivity index (χ1) is 7.56.